The summed E-state index contributed by atoms with van der Waals surface area (Å²) in [6, 6.07) is 19.2. The SMILES string of the molecule is Cc1cc(CCCC(C(=O)NC(C(=O)NC(C)c2cccnc2)C(C)(C)C)C2OC(C)(C)OC2=O)ccc1-c1ccccc1. The second-order valence-electron chi connectivity index (χ2n) is 13.2. The Kier molecular flexibility index (Phi) is 10.3. The maximum Gasteiger partial charge on any atom is 0.338 e. The zero-order chi connectivity index (χ0) is 32.1. The van der Waals surface area contributed by atoms with E-state index in [4.69, 9.17) is 9.47 Å². The molecule has 4 rings (SSSR count). The van der Waals surface area contributed by atoms with Crippen LogP contribution in [0.5, 0.6) is 0 Å². The summed E-state index contributed by atoms with van der Waals surface area (Å²) in [5.41, 5.74) is 4.92. The van der Waals surface area contributed by atoms with Gasteiger partial charge in [-0.15, -0.1) is 0 Å². The Labute approximate surface area is 261 Å². The number of nitrogens with one attached hydrogen (secondary N) is 2. The third-order valence-electron chi connectivity index (χ3n) is 8.01. The number of benzene rings is 2. The summed E-state index contributed by atoms with van der Waals surface area (Å²) in [6.45, 7) is 13.0. The summed E-state index contributed by atoms with van der Waals surface area (Å²) in [7, 11) is 0. The van der Waals surface area contributed by atoms with E-state index < -0.39 is 41.1 Å². The lowest BCUT2D eigenvalue weighted by Gasteiger charge is -2.33. The van der Waals surface area contributed by atoms with E-state index in [1.54, 1.807) is 26.2 Å². The molecule has 1 fully saturated rings. The van der Waals surface area contributed by atoms with E-state index in [9.17, 15) is 14.4 Å². The number of carbonyl (C=O) groups is 3. The molecule has 0 spiro atoms. The molecule has 4 atom stereocenters. The van der Waals surface area contributed by atoms with Crippen LogP contribution in [0.25, 0.3) is 11.1 Å². The minimum atomic E-state index is -1.13. The highest BCUT2D eigenvalue weighted by Gasteiger charge is 2.48. The van der Waals surface area contributed by atoms with Gasteiger partial charge >= 0.3 is 5.97 Å². The molecule has 2 heterocycles. The van der Waals surface area contributed by atoms with Crippen molar-refractivity contribution in [1.82, 2.24) is 15.6 Å². The molecular formula is C36H45N3O5. The fourth-order valence-electron chi connectivity index (χ4n) is 5.63. The summed E-state index contributed by atoms with van der Waals surface area (Å²) in [4.78, 5) is 44.5. The van der Waals surface area contributed by atoms with Crippen LogP contribution in [0, 0.1) is 18.3 Å². The van der Waals surface area contributed by atoms with Crippen molar-refractivity contribution in [3.8, 4) is 11.1 Å². The van der Waals surface area contributed by atoms with E-state index in [-0.39, 0.29) is 11.9 Å². The van der Waals surface area contributed by atoms with Crippen molar-refractivity contribution < 1.29 is 23.9 Å². The van der Waals surface area contributed by atoms with Crippen LogP contribution in [0.3, 0.4) is 0 Å². The molecule has 0 aliphatic carbocycles. The molecule has 1 saturated heterocycles. The molecule has 0 bridgehead atoms. The highest BCUT2D eigenvalue weighted by atomic mass is 16.8. The first-order chi connectivity index (χ1) is 20.7. The van der Waals surface area contributed by atoms with Gasteiger partial charge in [-0.25, -0.2) is 4.79 Å². The van der Waals surface area contributed by atoms with Gasteiger partial charge in [0.05, 0.1) is 12.0 Å². The van der Waals surface area contributed by atoms with Gasteiger partial charge in [0.2, 0.25) is 17.6 Å². The van der Waals surface area contributed by atoms with Crippen LogP contribution >= 0.6 is 0 Å². The average molecular weight is 600 g/mol. The third kappa shape index (κ3) is 8.32. The Morgan fingerprint density at radius 3 is 2.32 bits per heavy atom. The molecule has 3 aromatic rings. The zero-order valence-corrected chi connectivity index (χ0v) is 26.8. The van der Waals surface area contributed by atoms with Gasteiger partial charge in [-0.05, 0) is 72.4 Å². The smallest absolute Gasteiger partial charge is 0.338 e. The first-order valence-electron chi connectivity index (χ1n) is 15.3. The van der Waals surface area contributed by atoms with Crippen molar-refractivity contribution in [2.24, 2.45) is 11.3 Å². The van der Waals surface area contributed by atoms with Crippen LogP contribution in [0.2, 0.25) is 0 Å². The summed E-state index contributed by atoms with van der Waals surface area (Å²) in [6.07, 6.45) is 4.05. The lowest BCUT2D eigenvalue weighted by molar-refractivity contribution is -0.162. The number of amides is 2. The van der Waals surface area contributed by atoms with Crippen LogP contribution in [0.15, 0.2) is 73.1 Å². The van der Waals surface area contributed by atoms with Gasteiger partial charge in [0.15, 0.2) is 6.10 Å². The number of aryl methyl sites for hydroxylation is 2. The largest absolute Gasteiger partial charge is 0.432 e. The molecule has 8 nitrogen and oxygen atoms in total. The minimum Gasteiger partial charge on any atom is -0.432 e. The van der Waals surface area contributed by atoms with Crippen molar-refractivity contribution in [2.45, 2.75) is 91.7 Å². The minimum absolute atomic E-state index is 0.306. The van der Waals surface area contributed by atoms with Gasteiger partial charge in [-0.1, -0.05) is 75.4 Å². The Hall–Kier alpha value is -4.04. The van der Waals surface area contributed by atoms with Crippen LogP contribution in [0.4, 0.5) is 0 Å². The predicted octanol–water partition coefficient (Wildman–Crippen LogP) is 6.08. The lowest BCUT2D eigenvalue weighted by Crippen LogP contribution is -2.56. The Balaban J connectivity index is 1.48. The maximum atomic E-state index is 13.9. The molecule has 4 unspecified atom stereocenters. The van der Waals surface area contributed by atoms with Gasteiger partial charge in [-0.3, -0.25) is 14.6 Å². The van der Waals surface area contributed by atoms with Gasteiger partial charge in [0.1, 0.15) is 6.04 Å². The topological polar surface area (TPSA) is 107 Å². The summed E-state index contributed by atoms with van der Waals surface area (Å²) in [5, 5.41) is 5.98. The average Bonchev–Trinajstić information content (AvgIpc) is 3.25. The Morgan fingerprint density at radius 2 is 1.73 bits per heavy atom. The van der Waals surface area contributed by atoms with Crippen LogP contribution in [-0.2, 0) is 30.3 Å². The van der Waals surface area contributed by atoms with Crippen molar-refractivity contribution in [1.29, 1.82) is 0 Å². The molecule has 1 aliphatic rings. The van der Waals surface area contributed by atoms with Crippen LogP contribution in [-0.4, -0.2) is 40.7 Å². The van der Waals surface area contributed by atoms with Crippen molar-refractivity contribution in [3.63, 3.8) is 0 Å². The summed E-state index contributed by atoms with van der Waals surface area (Å²) in [5.74, 6) is -3.26. The van der Waals surface area contributed by atoms with Crippen molar-refractivity contribution >= 4 is 17.8 Å². The number of esters is 1. The molecule has 2 aromatic carbocycles. The maximum absolute atomic E-state index is 13.9. The number of aromatic nitrogens is 1. The molecule has 8 heteroatoms. The van der Waals surface area contributed by atoms with E-state index in [1.807, 2.05) is 58.0 Å². The molecule has 44 heavy (non-hydrogen) atoms. The van der Waals surface area contributed by atoms with E-state index in [2.05, 4.69) is 52.9 Å². The standard InChI is InChI=1S/C36H45N3O5/c1-23-21-25(18-19-28(23)26-14-9-8-10-15-26)13-11-17-29(30-34(42)44-36(6,7)43-30)32(40)39-31(35(3,4)5)33(41)38-24(2)27-16-12-20-37-22-27/h8-10,12,14-16,18-22,24,29-31H,11,13,17H2,1-7H3,(H,38,41)(H,39,40). The fraction of sp³-hybridized carbons (Fsp3) is 0.444. The van der Waals surface area contributed by atoms with Gasteiger partial charge in [0.25, 0.3) is 0 Å². The first kappa shape index (κ1) is 32.9. The van der Waals surface area contributed by atoms with Crippen LogP contribution < -0.4 is 10.6 Å². The molecule has 1 aromatic heterocycles. The van der Waals surface area contributed by atoms with E-state index in [1.165, 1.54) is 16.7 Å². The molecule has 0 saturated carbocycles. The van der Waals surface area contributed by atoms with E-state index in [0.29, 0.717) is 12.8 Å². The van der Waals surface area contributed by atoms with Gasteiger partial charge in [-0.2, -0.15) is 0 Å². The molecule has 2 amide bonds. The normalized spacial score (nSPS) is 18.2. The number of nitrogens with zero attached hydrogens (tertiary/aromatic N) is 1. The number of hydrogen-bond acceptors (Lipinski definition) is 6. The molecule has 2 N–H and O–H groups in total. The van der Waals surface area contributed by atoms with E-state index in [0.717, 1.165) is 17.5 Å². The number of ether oxygens (including phenoxy) is 2. The monoisotopic (exact) mass is 599 g/mol. The number of rotatable bonds is 11. The van der Waals surface area contributed by atoms with Crippen molar-refractivity contribution in [2.75, 3.05) is 0 Å². The zero-order valence-electron chi connectivity index (χ0n) is 26.8. The number of pyridine rings is 1. The first-order valence-corrected chi connectivity index (χ1v) is 15.3. The number of cyclic esters (lactones) is 1. The third-order valence-corrected chi connectivity index (χ3v) is 8.01. The van der Waals surface area contributed by atoms with Gasteiger partial charge in [0, 0.05) is 26.2 Å². The summed E-state index contributed by atoms with van der Waals surface area (Å²) >= 11 is 0. The van der Waals surface area contributed by atoms with Crippen LogP contribution in [0.1, 0.15) is 77.1 Å². The summed E-state index contributed by atoms with van der Waals surface area (Å²) < 4.78 is 11.4. The molecular weight excluding hydrogens is 554 g/mol. The molecule has 0 radical (unpaired) electrons. The highest BCUT2D eigenvalue weighted by molar-refractivity contribution is 5.92. The second-order valence-corrected chi connectivity index (χ2v) is 13.2. The van der Waals surface area contributed by atoms with Gasteiger partial charge < -0.3 is 20.1 Å². The Bertz CT molecular complexity index is 1450. The number of carbonyl (C=O) groups excluding carboxylic acids is 3. The predicted molar refractivity (Wildman–Crippen MR) is 170 cm³/mol. The molecule has 234 valence electrons. The quantitative estimate of drug-likeness (QED) is 0.259. The Morgan fingerprint density at radius 1 is 1.00 bits per heavy atom. The molecule has 1 aliphatic heterocycles. The lowest BCUT2D eigenvalue weighted by atomic mass is 9.84. The highest BCUT2D eigenvalue weighted by Crippen LogP contribution is 2.32. The fourth-order valence-corrected chi connectivity index (χ4v) is 5.63. The number of hydrogen-bond donors (Lipinski definition) is 2. The van der Waals surface area contributed by atoms with Crippen molar-refractivity contribution in [3.05, 3.63) is 89.7 Å². The van der Waals surface area contributed by atoms with E-state index >= 15 is 0 Å². The second kappa shape index (κ2) is 13.7.